The Morgan fingerprint density at radius 1 is 1.10 bits per heavy atom. The molecule has 0 radical (unpaired) electrons. The molecule has 2 rings (SSSR count). The highest BCUT2D eigenvalue weighted by molar-refractivity contribution is 5.79. The lowest BCUT2D eigenvalue weighted by atomic mass is 9.85. The van der Waals surface area contributed by atoms with Gasteiger partial charge in [-0.2, -0.15) is 0 Å². The second kappa shape index (κ2) is 9.86. The van der Waals surface area contributed by atoms with Crippen LogP contribution < -0.4 is 0 Å². The maximum atomic E-state index is 12.7. The first kappa shape index (κ1) is 23.6. The van der Waals surface area contributed by atoms with Crippen LogP contribution >= 0.6 is 0 Å². The lowest BCUT2D eigenvalue weighted by Gasteiger charge is -2.40. The summed E-state index contributed by atoms with van der Waals surface area (Å²) >= 11 is 0. The van der Waals surface area contributed by atoms with E-state index in [0.29, 0.717) is 32.3 Å². The Bertz CT molecular complexity index is 603. The van der Waals surface area contributed by atoms with Crippen LogP contribution in [0, 0.1) is 0 Å². The van der Waals surface area contributed by atoms with Crippen LogP contribution in [0.4, 0.5) is 0 Å². The molecule has 0 amide bonds. The Hall–Kier alpha value is -1.71. The Labute approximate surface area is 171 Å². The zero-order valence-corrected chi connectivity index (χ0v) is 17.9. The molecule has 0 unspecified atom stereocenters. The first-order valence-corrected chi connectivity index (χ1v) is 9.94. The van der Waals surface area contributed by atoms with Crippen molar-refractivity contribution < 1.29 is 42.8 Å². The van der Waals surface area contributed by atoms with Gasteiger partial charge in [0.25, 0.3) is 0 Å². The van der Waals surface area contributed by atoms with Gasteiger partial charge in [0, 0.05) is 26.7 Å². The Kier molecular flexibility index (Phi) is 8.02. The van der Waals surface area contributed by atoms with Crippen LogP contribution in [0.3, 0.4) is 0 Å². The van der Waals surface area contributed by atoms with Crippen LogP contribution in [0.15, 0.2) is 0 Å². The van der Waals surface area contributed by atoms with Crippen molar-refractivity contribution in [1.82, 2.24) is 0 Å². The number of hydrogen-bond donors (Lipinski definition) is 0. The molecular formula is C20H32O9. The molecule has 0 bridgehead atoms. The molecule has 2 aliphatic rings. The van der Waals surface area contributed by atoms with Gasteiger partial charge in [0.15, 0.2) is 11.4 Å². The number of methoxy groups -OCH3 is 1. The van der Waals surface area contributed by atoms with Gasteiger partial charge in [-0.3, -0.25) is 9.59 Å². The summed E-state index contributed by atoms with van der Waals surface area (Å²) in [5.74, 6) is -2.10. The van der Waals surface area contributed by atoms with E-state index >= 15 is 0 Å². The van der Waals surface area contributed by atoms with Crippen LogP contribution in [0.5, 0.6) is 0 Å². The van der Waals surface area contributed by atoms with Crippen molar-refractivity contribution in [1.29, 1.82) is 0 Å². The smallest absolute Gasteiger partial charge is 0.338 e. The summed E-state index contributed by atoms with van der Waals surface area (Å²) in [6, 6.07) is 0. The van der Waals surface area contributed by atoms with E-state index in [1.807, 2.05) is 13.8 Å². The first-order valence-electron chi connectivity index (χ1n) is 9.94. The second-order valence-electron chi connectivity index (χ2n) is 8.04. The Balaban J connectivity index is 2.08. The molecule has 9 nitrogen and oxygen atoms in total. The zero-order chi connectivity index (χ0) is 21.7. The van der Waals surface area contributed by atoms with Crippen molar-refractivity contribution in [2.45, 2.75) is 89.5 Å². The topological polar surface area (TPSA) is 107 Å². The molecule has 0 spiro atoms. The molecule has 0 aliphatic carbocycles. The molecule has 0 N–H and O–H groups in total. The van der Waals surface area contributed by atoms with Crippen molar-refractivity contribution in [2.75, 3.05) is 20.3 Å². The van der Waals surface area contributed by atoms with E-state index in [4.69, 9.17) is 28.4 Å². The summed E-state index contributed by atoms with van der Waals surface area (Å²) in [4.78, 5) is 35.2. The highest BCUT2D eigenvalue weighted by atomic mass is 16.7. The monoisotopic (exact) mass is 416 g/mol. The van der Waals surface area contributed by atoms with Crippen molar-refractivity contribution in [3.8, 4) is 0 Å². The fourth-order valence-electron chi connectivity index (χ4n) is 3.91. The van der Waals surface area contributed by atoms with Gasteiger partial charge in [0.05, 0.1) is 25.9 Å². The molecule has 29 heavy (non-hydrogen) atoms. The van der Waals surface area contributed by atoms with E-state index in [1.165, 1.54) is 21.0 Å². The van der Waals surface area contributed by atoms with E-state index in [0.717, 1.165) is 6.42 Å². The van der Waals surface area contributed by atoms with Crippen molar-refractivity contribution >= 4 is 17.9 Å². The minimum absolute atomic E-state index is 0.0617. The predicted molar refractivity (Wildman–Crippen MR) is 99.8 cm³/mol. The van der Waals surface area contributed by atoms with E-state index in [-0.39, 0.29) is 18.8 Å². The third kappa shape index (κ3) is 6.94. The average Bonchev–Trinajstić information content (AvgIpc) is 2.96. The first-order chi connectivity index (χ1) is 13.5. The van der Waals surface area contributed by atoms with Gasteiger partial charge in [-0.1, -0.05) is 0 Å². The minimum Gasteiger partial charge on any atom is -0.467 e. The second-order valence-corrected chi connectivity index (χ2v) is 8.04. The highest BCUT2D eigenvalue weighted by Gasteiger charge is 2.49. The Morgan fingerprint density at radius 2 is 1.83 bits per heavy atom. The van der Waals surface area contributed by atoms with Gasteiger partial charge < -0.3 is 28.4 Å². The quantitative estimate of drug-likeness (QED) is 0.433. The molecule has 0 aromatic heterocycles. The lowest BCUT2D eigenvalue weighted by molar-refractivity contribution is -0.203. The normalized spacial score (nSPS) is 29.7. The Morgan fingerprint density at radius 3 is 2.38 bits per heavy atom. The zero-order valence-electron chi connectivity index (χ0n) is 17.9. The van der Waals surface area contributed by atoms with Gasteiger partial charge in [-0.25, -0.2) is 4.79 Å². The number of esters is 3. The van der Waals surface area contributed by atoms with E-state index in [2.05, 4.69) is 0 Å². The largest absolute Gasteiger partial charge is 0.467 e. The lowest BCUT2D eigenvalue weighted by Crippen LogP contribution is -2.51. The molecule has 2 aliphatic heterocycles. The third-order valence-corrected chi connectivity index (χ3v) is 5.01. The standard InChI is InChI=1S/C20H32O9/c1-13(21)25-11-16(27-14(2)22)9-15-7-6-8-20(29-15,18(23)24-5)10-17-12-26-19(3,4)28-17/h15-17H,6-12H2,1-5H3/t15-,16+,17-,20+/m1/s1. The molecule has 2 fully saturated rings. The molecule has 0 aromatic rings. The number of carbonyl (C=O) groups excluding carboxylic acids is 3. The maximum absolute atomic E-state index is 12.7. The van der Waals surface area contributed by atoms with Crippen LogP contribution in [-0.4, -0.2) is 67.9 Å². The van der Waals surface area contributed by atoms with Crippen LogP contribution in [0.1, 0.15) is 59.8 Å². The van der Waals surface area contributed by atoms with E-state index < -0.39 is 35.4 Å². The maximum Gasteiger partial charge on any atom is 0.338 e. The van der Waals surface area contributed by atoms with Gasteiger partial charge in [-0.15, -0.1) is 0 Å². The molecule has 9 heteroatoms. The van der Waals surface area contributed by atoms with Crippen LogP contribution in [0.25, 0.3) is 0 Å². The fraction of sp³-hybridized carbons (Fsp3) is 0.850. The van der Waals surface area contributed by atoms with Gasteiger partial charge in [0.1, 0.15) is 12.7 Å². The average molecular weight is 416 g/mol. The fourth-order valence-corrected chi connectivity index (χ4v) is 3.91. The summed E-state index contributed by atoms with van der Waals surface area (Å²) in [6.07, 6.45) is 1.21. The summed E-state index contributed by atoms with van der Waals surface area (Å²) < 4.78 is 33.0. The minimum atomic E-state index is -1.16. The predicted octanol–water partition coefficient (Wildman–Crippen LogP) is 1.89. The van der Waals surface area contributed by atoms with Crippen molar-refractivity contribution in [2.24, 2.45) is 0 Å². The van der Waals surface area contributed by atoms with Gasteiger partial charge >= 0.3 is 17.9 Å². The van der Waals surface area contributed by atoms with E-state index in [1.54, 1.807) is 0 Å². The highest BCUT2D eigenvalue weighted by Crippen LogP contribution is 2.38. The molecule has 166 valence electrons. The van der Waals surface area contributed by atoms with Crippen LogP contribution in [0.2, 0.25) is 0 Å². The third-order valence-electron chi connectivity index (χ3n) is 5.01. The number of hydrogen-bond acceptors (Lipinski definition) is 9. The molecule has 0 saturated carbocycles. The van der Waals surface area contributed by atoms with E-state index in [9.17, 15) is 14.4 Å². The summed E-state index contributed by atoms with van der Waals surface area (Å²) in [7, 11) is 1.33. The number of ether oxygens (including phenoxy) is 6. The van der Waals surface area contributed by atoms with Crippen LogP contribution in [-0.2, 0) is 42.8 Å². The molecule has 2 saturated heterocycles. The van der Waals surface area contributed by atoms with Crippen molar-refractivity contribution in [3.63, 3.8) is 0 Å². The number of rotatable bonds is 8. The molecule has 2 heterocycles. The molecule has 4 atom stereocenters. The summed E-state index contributed by atoms with van der Waals surface area (Å²) in [5, 5.41) is 0. The number of carbonyl (C=O) groups is 3. The molecular weight excluding hydrogens is 384 g/mol. The van der Waals surface area contributed by atoms with Gasteiger partial charge in [0.2, 0.25) is 0 Å². The SMILES string of the molecule is COC(=O)[C@@]1(C[C@@H]2COC(C)(C)O2)CCC[C@H](C[C@@H](COC(C)=O)OC(C)=O)O1. The van der Waals surface area contributed by atoms with Gasteiger partial charge in [-0.05, 0) is 33.1 Å². The summed E-state index contributed by atoms with van der Waals surface area (Å²) in [6.45, 7) is 6.52. The van der Waals surface area contributed by atoms with Crippen molar-refractivity contribution in [3.05, 3.63) is 0 Å². The summed E-state index contributed by atoms with van der Waals surface area (Å²) in [5.41, 5.74) is -1.16. The molecule has 0 aromatic carbocycles.